The number of nitrogens with one attached hydrogen (secondary N) is 2. The molecule has 1 unspecified atom stereocenters. The van der Waals surface area contributed by atoms with Gasteiger partial charge in [0.2, 0.25) is 0 Å². The van der Waals surface area contributed by atoms with Crippen LogP contribution in [0.25, 0.3) is 0 Å². The third-order valence-electron chi connectivity index (χ3n) is 2.21. The summed E-state index contributed by atoms with van der Waals surface area (Å²) in [6.07, 6.45) is 3.53. The third kappa shape index (κ3) is 7.29. The summed E-state index contributed by atoms with van der Waals surface area (Å²) in [5, 5.41) is 31.1. The number of aliphatic carboxylic acids is 1. The van der Waals surface area contributed by atoms with Gasteiger partial charge in [-0.15, -0.1) is 0 Å². The van der Waals surface area contributed by atoms with Crippen LogP contribution in [0.5, 0.6) is 0 Å². The maximum absolute atomic E-state index is 11.7. The second kappa shape index (κ2) is 10.7. The summed E-state index contributed by atoms with van der Waals surface area (Å²) in [6.45, 7) is 0.309. The summed E-state index contributed by atoms with van der Waals surface area (Å²) in [5.41, 5.74) is -0.224. The zero-order valence-corrected chi connectivity index (χ0v) is 11.9. The van der Waals surface area contributed by atoms with E-state index in [-0.39, 0.29) is 18.4 Å². The van der Waals surface area contributed by atoms with E-state index in [1.54, 1.807) is 6.07 Å². The first-order valence-corrected chi connectivity index (χ1v) is 7.19. The van der Waals surface area contributed by atoms with Crippen LogP contribution < -0.4 is 10.6 Å². The molecule has 0 aromatic heterocycles. The number of carboxylic acids is 1. The van der Waals surface area contributed by atoms with Crippen molar-refractivity contribution < 1.29 is 14.7 Å². The van der Waals surface area contributed by atoms with Crippen molar-refractivity contribution in [3.8, 4) is 12.1 Å². The van der Waals surface area contributed by atoms with Crippen LogP contribution in [0, 0.1) is 22.7 Å². The number of amides is 1. The van der Waals surface area contributed by atoms with Crippen LogP contribution in [-0.4, -0.2) is 41.6 Å². The largest absolute Gasteiger partial charge is 0.480 e. The molecular formula is C12H16N4O3S. The Morgan fingerprint density at radius 1 is 1.45 bits per heavy atom. The van der Waals surface area contributed by atoms with Crippen molar-refractivity contribution in [2.75, 3.05) is 18.6 Å². The van der Waals surface area contributed by atoms with Gasteiger partial charge >= 0.3 is 5.97 Å². The number of thioether (sulfide) groups is 1. The van der Waals surface area contributed by atoms with Gasteiger partial charge in [-0.25, -0.2) is 4.79 Å². The fourth-order valence-corrected chi connectivity index (χ4v) is 1.65. The van der Waals surface area contributed by atoms with E-state index in [2.05, 4.69) is 10.6 Å². The smallest absolute Gasteiger partial charge is 0.326 e. The third-order valence-corrected chi connectivity index (χ3v) is 2.85. The van der Waals surface area contributed by atoms with E-state index in [1.807, 2.05) is 12.3 Å². The molecule has 8 heteroatoms. The van der Waals surface area contributed by atoms with Crippen LogP contribution >= 0.6 is 11.8 Å². The summed E-state index contributed by atoms with van der Waals surface area (Å²) in [6, 6.07) is 2.57. The molecule has 0 aliphatic carbocycles. The topological polar surface area (TPSA) is 126 Å². The number of hydrogen-bond acceptors (Lipinski definition) is 6. The van der Waals surface area contributed by atoms with Crippen LogP contribution in [0.2, 0.25) is 0 Å². The Labute approximate surface area is 121 Å². The van der Waals surface area contributed by atoms with Gasteiger partial charge in [-0.05, 0) is 18.4 Å². The molecule has 7 nitrogen and oxygen atoms in total. The Balaban J connectivity index is 4.56. The average molecular weight is 296 g/mol. The Morgan fingerprint density at radius 3 is 2.65 bits per heavy atom. The van der Waals surface area contributed by atoms with Crippen molar-refractivity contribution in [3.05, 3.63) is 11.8 Å². The van der Waals surface area contributed by atoms with Crippen LogP contribution in [0.3, 0.4) is 0 Å². The average Bonchev–Trinajstić information content (AvgIpc) is 2.43. The Hall–Kier alpha value is -2.19. The molecular weight excluding hydrogens is 280 g/mol. The predicted octanol–water partition coefficient (Wildman–Crippen LogP) is 0.220. The number of rotatable bonds is 9. The molecule has 1 atom stereocenters. The molecule has 0 spiro atoms. The van der Waals surface area contributed by atoms with Crippen LogP contribution in [0.4, 0.5) is 0 Å². The summed E-state index contributed by atoms with van der Waals surface area (Å²) < 4.78 is 0. The van der Waals surface area contributed by atoms with Crippen molar-refractivity contribution in [3.63, 3.8) is 0 Å². The first-order chi connectivity index (χ1) is 9.56. The second-order valence-electron chi connectivity index (χ2n) is 3.68. The van der Waals surface area contributed by atoms with Gasteiger partial charge < -0.3 is 15.7 Å². The van der Waals surface area contributed by atoms with E-state index >= 15 is 0 Å². The molecule has 20 heavy (non-hydrogen) atoms. The SMILES string of the molecule is CSCCC(NC(=O)/C(C#N)=C\NCCC#N)C(=O)O. The molecule has 0 aliphatic heterocycles. The van der Waals surface area contributed by atoms with Crippen molar-refractivity contribution in [2.45, 2.75) is 18.9 Å². The molecule has 0 aliphatic rings. The summed E-state index contributed by atoms with van der Waals surface area (Å²) in [7, 11) is 0. The van der Waals surface area contributed by atoms with Crippen molar-refractivity contribution in [2.24, 2.45) is 0 Å². The Bertz CT molecular complexity index is 451. The van der Waals surface area contributed by atoms with Gasteiger partial charge in [-0.2, -0.15) is 22.3 Å². The number of nitrogens with zero attached hydrogens (tertiary/aromatic N) is 2. The standard InChI is InChI=1S/C12H16N4O3S/c1-20-6-3-10(12(18)19)16-11(17)9(7-14)8-15-5-2-4-13/h8,10,15H,2-3,5-6H2,1H3,(H,16,17)(H,18,19)/b9-8-. The highest BCUT2D eigenvalue weighted by atomic mass is 32.2. The molecule has 0 aromatic carbocycles. The highest BCUT2D eigenvalue weighted by molar-refractivity contribution is 7.98. The van der Waals surface area contributed by atoms with E-state index in [0.717, 1.165) is 0 Å². The molecule has 0 aromatic rings. The van der Waals surface area contributed by atoms with Crippen LogP contribution in [0.15, 0.2) is 11.8 Å². The number of carbonyl (C=O) groups is 2. The van der Waals surface area contributed by atoms with Gasteiger partial charge in [0.15, 0.2) is 0 Å². The second-order valence-corrected chi connectivity index (χ2v) is 4.66. The number of nitriles is 2. The van der Waals surface area contributed by atoms with E-state index < -0.39 is 17.9 Å². The van der Waals surface area contributed by atoms with Gasteiger partial charge in [0.1, 0.15) is 17.7 Å². The quantitative estimate of drug-likeness (QED) is 0.315. The Morgan fingerprint density at radius 2 is 2.15 bits per heavy atom. The van der Waals surface area contributed by atoms with Gasteiger partial charge in [-0.1, -0.05) is 0 Å². The van der Waals surface area contributed by atoms with Crippen molar-refractivity contribution in [1.29, 1.82) is 10.5 Å². The molecule has 0 fully saturated rings. The fourth-order valence-electron chi connectivity index (χ4n) is 1.18. The maximum atomic E-state index is 11.7. The highest BCUT2D eigenvalue weighted by Crippen LogP contribution is 2.02. The van der Waals surface area contributed by atoms with E-state index in [0.29, 0.717) is 12.3 Å². The van der Waals surface area contributed by atoms with E-state index in [1.165, 1.54) is 18.0 Å². The number of carboxylic acid groups (broad SMARTS) is 1. The molecule has 0 heterocycles. The predicted molar refractivity (Wildman–Crippen MR) is 74.5 cm³/mol. The normalized spacial score (nSPS) is 11.8. The zero-order chi connectivity index (χ0) is 15.4. The lowest BCUT2D eigenvalue weighted by Gasteiger charge is -2.13. The van der Waals surface area contributed by atoms with Gasteiger partial charge in [0.25, 0.3) is 5.91 Å². The fraction of sp³-hybridized carbons (Fsp3) is 0.500. The van der Waals surface area contributed by atoms with E-state index in [9.17, 15) is 9.59 Å². The Kier molecular flexibility index (Phi) is 9.53. The molecule has 0 radical (unpaired) electrons. The first kappa shape index (κ1) is 17.8. The molecule has 3 N–H and O–H groups in total. The lowest BCUT2D eigenvalue weighted by atomic mass is 10.2. The number of hydrogen-bond donors (Lipinski definition) is 3. The summed E-state index contributed by atoms with van der Waals surface area (Å²) in [4.78, 5) is 22.7. The minimum atomic E-state index is -1.14. The minimum absolute atomic E-state index is 0.224. The van der Waals surface area contributed by atoms with Crippen molar-refractivity contribution in [1.82, 2.24) is 10.6 Å². The lowest BCUT2D eigenvalue weighted by Crippen LogP contribution is -2.41. The van der Waals surface area contributed by atoms with Crippen LogP contribution in [0.1, 0.15) is 12.8 Å². The minimum Gasteiger partial charge on any atom is -0.480 e. The maximum Gasteiger partial charge on any atom is 0.326 e. The summed E-state index contributed by atoms with van der Waals surface area (Å²) >= 11 is 1.47. The first-order valence-electron chi connectivity index (χ1n) is 5.80. The van der Waals surface area contributed by atoms with Gasteiger partial charge in [0, 0.05) is 12.7 Å². The molecule has 108 valence electrons. The number of carbonyl (C=O) groups excluding carboxylic acids is 1. The van der Waals surface area contributed by atoms with E-state index in [4.69, 9.17) is 15.6 Å². The van der Waals surface area contributed by atoms with Crippen LogP contribution in [-0.2, 0) is 9.59 Å². The molecule has 0 bridgehead atoms. The summed E-state index contributed by atoms with van der Waals surface area (Å²) in [5.74, 6) is -1.30. The molecule has 0 saturated heterocycles. The van der Waals surface area contributed by atoms with Crippen molar-refractivity contribution >= 4 is 23.6 Å². The molecule has 1 amide bonds. The molecule has 0 saturated carbocycles. The lowest BCUT2D eigenvalue weighted by molar-refractivity contribution is -0.141. The zero-order valence-electron chi connectivity index (χ0n) is 11.0. The van der Waals surface area contributed by atoms with Gasteiger partial charge in [-0.3, -0.25) is 4.79 Å². The monoisotopic (exact) mass is 296 g/mol. The van der Waals surface area contributed by atoms with Gasteiger partial charge in [0.05, 0.1) is 12.5 Å². The molecule has 0 rings (SSSR count). The highest BCUT2D eigenvalue weighted by Gasteiger charge is 2.21.